The molecule has 138 valence electrons. The smallest absolute Gasteiger partial charge is 0.144 e. The lowest BCUT2D eigenvalue weighted by Gasteiger charge is -2.25. The Morgan fingerprint density at radius 1 is 1.38 bits per heavy atom. The number of likely N-dealkylation sites (N-methyl/N-ethyl adjacent to an activating group) is 1. The van der Waals surface area contributed by atoms with Crippen LogP contribution >= 0.6 is 0 Å². The summed E-state index contributed by atoms with van der Waals surface area (Å²) in [5, 5.41) is 7.79. The summed E-state index contributed by atoms with van der Waals surface area (Å²) in [5.41, 5.74) is 3.99. The van der Waals surface area contributed by atoms with Crippen LogP contribution in [-0.4, -0.2) is 62.0 Å². The number of rotatable bonds is 4. The molecule has 0 saturated carbocycles. The Hall–Kier alpha value is -2.38. The van der Waals surface area contributed by atoms with E-state index in [1.807, 2.05) is 38.2 Å². The summed E-state index contributed by atoms with van der Waals surface area (Å²) in [6.45, 7) is 2.24. The van der Waals surface area contributed by atoms with Crippen molar-refractivity contribution in [2.24, 2.45) is 4.99 Å². The maximum atomic E-state index is 5.72. The lowest BCUT2D eigenvalue weighted by Crippen LogP contribution is -2.41. The molecule has 1 saturated heterocycles. The first-order chi connectivity index (χ1) is 12.6. The van der Waals surface area contributed by atoms with Crippen LogP contribution in [0.15, 0.2) is 29.5 Å². The standard InChI is InChI=1S/C19H25N5O2/c1-20-18-19(5-6-26-12-19)14-7-17(25-4)16(8-15(14)22-18)24-11-13(9-21-24)10-23(2)3/h7-9,11H,5-6,10,12H2,1-4H3,(H,20,22). The van der Waals surface area contributed by atoms with E-state index < -0.39 is 0 Å². The van der Waals surface area contributed by atoms with Gasteiger partial charge in [0.15, 0.2) is 0 Å². The Morgan fingerprint density at radius 2 is 2.23 bits per heavy atom. The van der Waals surface area contributed by atoms with Crippen molar-refractivity contribution in [2.45, 2.75) is 18.4 Å². The van der Waals surface area contributed by atoms with Gasteiger partial charge in [0.05, 0.1) is 31.0 Å². The molecule has 2 aromatic rings. The van der Waals surface area contributed by atoms with Crippen molar-refractivity contribution in [1.82, 2.24) is 20.0 Å². The van der Waals surface area contributed by atoms with Crippen molar-refractivity contribution < 1.29 is 9.47 Å². The number of aromatic nitrogens is 2. The van der Waals surface area contributed by atoms with Crippen LogP contribution in [0.3, 0.4) is 0 Å². The maximum Gasteiger partial charge on any atom is 0.144 e. The van der Waals surface area contributed by atoms with E-state index in [0.29, 0.717) is 6.61 Å². The number of aliphatic imine (C=N–C) groups is 1. The number of ether oxygens (including phenoxy) is 2. The van der Waals surface area contributed by atoms with Crippen LogP contribution < -0.4 is 10.1 Å². The van der Waals surface area contributed by atoms with Crippen molar-refractivity contribution in [3.8, 4) is 11.4 Å². The summed E-state index contributed by atoms with van der Waals surface area (Å²) < 4.78 is 13.3. The minimum atomic E-state index is -0.184. The summed E-state index contributed by atoms with van der Waals surface area (Å²) >= 11 is 0. The number of hydrogen-bond acceptors (Lipinski definition) is 6. The molecule has 3 heterocycles. The molecule has 1 aromatic heterocycles. The zero-order chi connectivity index (χ0) is 18.3. The molecule has 1 unspecified atom stereocenters. The third-order valence-corrected chi connectivity index (χ3v) is 5.14. The zero-order valence-corrected chi connectivity index (χ0v) is 15.7. The molecule has 1 spiro atoms. The molecule has 1 fully saturated rings. The predicted molar refractivity (Wildman–Crippen MR) is 101 cm³/mol. The molecular weight excluding hydrogens is 330 g/mol. The average Bonchev–Trinajstić information content (AvgIpc) is 3.34. The number of nitrogens with one attached hydrogen (secondary N) is 1. The molecule has 0 radical (unpaired) electrons. The molecule has 0 bridgehead atoms. The average molecular weight is 355 g/mol. The highest BCUT2D eigenvalue weighted by Gasteiger charge is 2.47. The number of amidine groups is 1. The molecule has 2 aliphatic heterocycles. The van der Waals surface area contributed by atoms with Gasteiger partial charge >= 0.3 is 0 Å². The zero-order valence-electron chi connectivity index (χ0n) is 15.7. The van der Waals surface area contributed by atoms with Crippen LogP contribution in [0, 0.1) is 0 Å². The molecule has 4 rings (SSSR count). The van der Waals surface area contributed by atoms with E-state index in [1.165, 1.54) is 5.56 Å². The topological polar surface area (TPSA) is 63.9 Å². The molecule has 0 aliphatic carbocycles. The number of fused-ring (bicyclic) bond motifs is 2. The van der Waals surface area contributed by atoms with Crippen molar-refractivity contribution >= 4 is 11.5 Å². The third kappa shape index (κ3) is 2.59. The van der Waals surface area contributed by atoms with Gasteiger partial charge in [-0.05, 0) is 38.2 Å². The van der Waals surface area contributed by atoms with Crippen molar-refractivity contribution in [3.63, 3.8) is 0 Å². The van der Waals surface area contributed by atoms with E-state index in [4.69, 9.17) is 14.5 Å². The molecule has 7 heteroatoms. The highest BCUT2D eigenvalue weighted by molar-refractivity contribution is 6.01. The van der Waals surface area contributed by atoms with Gasteiger partial charge in [0.25, 0.3) is 0 Å². The van der Waals surface area contributed by atoms with Gasteiger partial charge in [-0.15, -0.1) is 0 Å². The van der Waals surface area contributed by atoms with Gasteiger partial charge < -0.3 is 19.7 Å². The second-order valence-electron chi connectivity index (χ2n) is 7.17. The normalized spacial score (nSPS) is 21.3. The van der Waals surface area contributed by atoms with Gasteiger partial charge in [0.2, 0.25) is 0 Å². The molecule has 0 amide bonds. The Morgan fingerprint density at radius 3 is 2.88 bits per heavy atom. The van der Waals surface area contributed by atoms with Gasteiger partial charge in [-0.3, -0.25) is 0 Å². The summed E-state index contributed by atoms with van der Waals surface area (Å²) in [6.07, 6.45) is 4.86. The van der Waals surface area contributed by atoms with E-state index in [1.54, 1.807) is 7.11 Å². The Kier molecular flexibility index (Phi) is 4.20. The minimum Gasteiger partial charge on any atom is -0.494 e. The second kappa shape index (κ2) is 6.41. The SMILES string of the molecule is CNC1=Nc2cc(-n3cc(CN(C)C)cn3)c(OC)cc2C12CCOC2. The first kappa shape index (κ1) is 17.1. The fourth-order valence-corrected chi connectivity index (χ4v) is 3.93. The molecule has 2 aliphatic rings. The molecule has 1 aromatic carbocycles. The predicted octanol–water partition coefficient (Wildman–Crippen LogP) is 1.86. The van der Waals surface area contributed by atoms with E-state index in [2.05, 4.69) is 27.4 Å². The first-order valence-electron chi connectivity index (χ1n) is 8.83. The highest BCUT2D eigenvalue weighted by atomic mass is 16.5. The second-order valence-corrected chi connectivity index (χ2v) is 7.17. The van der Waals surface area contributed by atoms with Gasteiger partial charge in [0, 0.05) is 32.0 Å². The Balaban J connectivity index is 1.79. The van der Waals surface area contributed by atoms with Crippen LogP contribution in [0.5, 0.6) is 5.75 Å². The molecule has 1 N–H and O–H groups in total. The van der Waals surface area contributed by atoms with Crippen LogP contribution in [-0.2, 0) is 16.7 Å². The van der Waals surface area contributed by atoms with Crippen LogP contribution in [0.4, 0.5) is 5.69 Å². The van der Waals surface area contributed by atoms with E-state index in [-0.39, 0.29) is 5.41 Å². The molecule has 1 atom stereocenters. The fraction of sp³-hybridized carbons (Fsp3) is 0.474. The first-order valence-corrected chi connectivity index (χ1v) is 8.83. The quantitative estimate of drug-likeness (QED) is 0.907. The van der Waals surface area contributed by atoms with Crippen molar-refractivity contribution in [1.29, 1.82) is 0 Å². The van der Waals surface area contributed by atoms with Crippen LogP contribution in [0.25, 0.3) is 5.69 Å². The fourth-order valence-electron chi connectivity index (χ4n) is 3.93. The van der Waals surface area contributed by atoms with Gasteiger partial charge in [-0.2, -0.15) is 5.10 Å². The van der Waals surface area contributed by atoms with Crippen molar-refractivity contribution in [2.75, 3.05) is 41.5 Å². The van der Waals surface area contributed by atoms with Gasteiger partial charge in [-0.25, -0.2) is 9.67 Å². The van der Waals surface area contributed by atoms with Gasteiger partial charge in [-0.1, -0.05) is 0 Å². The lowest BCUT2D eigenvalue weighted by molar-refractivity contribution is 0.188. The number of methoxy groups -OCH3 is 1. The largest absolute Gasteiger partial charge is 0.494 e. The minimum absolute atomic E-state index is 0.184. The summed E-state index contributed by atoms with van der Waals surface area (Å²) in [5.74, 6) is 1.76. The highest BCUT2D eigenvalue weighted by Crippen LogP contribution is 2.47. The summed E-state index contributed by atoms with van der Waals surface area (Å²) in [4.78, 5) is 6.96. The van der Waals surface area contributed by atoms with E-state index in [0.717, 1.165) is 48.1 Å². The van der Waals surface area contributed by atoms with Gasteiger partial charge in [0.1, 0.15) is 17.3 Å². The van der Waals surface area contributed by atoms with Crippen LogP contribution in [0.1, 0.15) is 17.5 Å². The molecular formula is C19H25N5O2. The monoisotopic (exact) mass is 355 g/mol. The summed E-state index contributed by atoms with van der Waals surface area (Å²) in [6, 6.07) is 4.16. The Bertz CT molecular complexity index is 850. The molecule has 26 heavy (non-hydrogen) atoms. The summed E-state index contributed by atoms with van der Waals surface area (Å²) in [7, 11) is 7.71. The Labute approximate surface area is 153 Å². The third-order valence-electron chi connectivity index (χ3n) is 5.14. The van der Waals surface area contributed by atoms with E-state index in [9.17, 15) is 0 Å². The van der Waals surface area contributed by atoms with Crippen molar-refractivity contribution in [3.05, 3.63) is 35.7 Å². The van der Waals surface area contributed by atoms with E-state index >= 15 is 0 Å². The lowest BCUT2D eigenvalue weighted by atomic mass is 9.79. The number of benzene rings is 1. The molecule has 7 nitrogen and oxygen atoms in total. The number of nitrogens with zero attached hydrogens (tertiary/aromatic N) is 4. The number of hydrogen-bond donors (Lipinski definition) is 1. The van der Waals surface area contributed by atoms with Crippen LogP contribution in [0.2, 0.25) is 0 Å². The maximum absolute atomic E-state index is 5.72.